The fraction of sp³-hybridized carbons (Fsp3) is 0.833. The van der Waals surface area contributed by atoms with Crippen LogP contribution in [0.3, 0.4) is 0 Å². The molecule has 0 spiro atoms. The average molecular weight is 238 g/mol. The molecule has 2 rings (SSSR count). The maximum absolute atomic E-state index is 8.77. The lowest BCUT2D eigenvalue weighted by atomic mass is 10.1. The minimum atomic E-state index is 0.107. The second-order valence-corrected chi connectivity index (χ2v) is 5.11. The molecule has 1 heterocycles. The summed E-state index contributed by atoms with van der Waals surface area (Å²) in [7, 11) is 0. The Morgan fingerprint density at radius 1 is 1.53 bits per heavy atom. The Morgan fingerprint density at radius 3 is 3.12 bits per heavy atom. The first-order valence-corrected chi connectivity index (χ1v) is 6.48. The van der Waals surface area contributed by atoms with Crippen LogP contribution in [0.2, 0.25) is 0 Å². The Kier molecular flexibility index (Phi) is 4.50. The van der Waals surface area contributed by atoms with Crippen molar-refractivity contribution in [3.8, 4) is 0 Å². The molecule has 0 saturated heterocycles. The maximum atomic E-state index is 8.77. The fourth-order valence-corrected chi connectivity index (χ4v) is 2.55. The van der Waals surface area contributed by atoms with Crippen molar-refractivity contribution in [2.45, 2.75) is 39.3 Å². The summed E-state index contributed by atoms with van der Waals surface area (Å²) < 4.78 is 1.68. The van der Waals surface area contributed by atoms with Crippen molar-refractivity contribution in [1.29, 1.82) is 0 Å². The van der Waals surface area contributed by atoms with E-state index in [1.54, 1.807) is 4.68 Å². The molecule has 5 nitrogen and oxygen atoms in total. The van der Waals surface area contributed by atoms with E-state index in [-0.39, 0.29) is 6.61 Å². The minimum absolute atomic E-state index is 0.107. The topological polar surface area (TPSA) is 63.0 Å². The van der Waals surface area contributed by atoms with Crippen LogP contribution in [0.15, 0.2) is 6.20 Å². The molecular weight excluding hydrogens is 216 g/mol. The highest BCUT2D eigenvalue weighted by Crippen LogP contribution is 2.29. The first-order valence-electron chi connectivity index (χ1n) is 6.48. The number of rotatable bonds is 6. The molecule has 1 aromatic rings. The molecule has 0 radical (unpaired) electrons. The summed E-state index contributed by atoms with van der Waals surface area (Å²) in [4.78, 5) is 0. The molecule has 2 atom stereocenters. The summed E-state index contributed by atoms with van der Waals surface area (Å²) in [5, 5.41) is 20.2. The molecule has 17 heavy (non-hydrogen) atoms. The third-order valence-electron chi connectivity index (χ3n) is 3.46. The number of hydrogen-bond donors (Lipinski definition) is 2. The van der Waals surface area contributed by atoms with Gasteiger partial charge in [0.2, 0.25) is 0 Å². The Labute approximate surface area is 102 Å². The van der Waals surface area contributed by atoms with E-state index >= 15 is 0 Å². The lowest BCUT2D eigenvalue weighted by Crippen LogP contribution is -2.21. The van der Waals surface area contributed by atoms with E-state index in [1.807, 2.05) is 6.20 Å². The second-order valence-electron chi connectivity index (χ2n) is 5.11. The van der Waals surface area contributed by atoms with Crippen LogP contribution in [-0.2, 0) is 13.1 Å². The SMILES string of the molecule is CC1CCC(CNCc2cn(CCO)nn2)C1. The van der Waals surface area contributed by atoms with Gasteiger partial charge in [-0.05, 0) is 31.2 Å². The van der Waals surface area contributed by atoms with E-state index in [4.69, 9.17) is 5.11 Å². The standard InChI is InChI=1S/C12H22N4O/c1-10-2-3-11(6-10)7-13-8-12-9-16(4-5-17)15-14-12/h9-11,13,17H,2-8H2,1H3. The molecule has 0 aliphatic heterocycles. The van der Waals surface area contributed by atoms with Crippen LogP contribution < -0.4 is 5.32 Å². The molecule has 96 valence electrons. The Morgan fingerprint density at radius 2 is 2.41 bits per heavy atom. The zero-order chi connectivity index (χ0) is 12.1. The normalized spacial score (nSPS) is 24.4. The number of aliphatic hydroxyl groups is 1. The van der Waals surface area contributed by atoms with Gasteiger partial charge in [0.05, 0.1) is 18.8 Å². The zero-order valence-electron chi connectivity index (χ0n) is 10.5. The van der Waals surface area contributed by atoms with Gasteiger partial charge in [-0.2, -0.15) is 0 Å². The highest BCUT2D eigenvalue weighted by molar-refractivity contribution is 4.91. The van der Waals surface area contributed by atoms with Gasteiger partial charge < -0.3 is 10.4 Å². The Balaban J connectivity index is 1.67. The van der Waals surface area contributed by atoms with Crippen LogP contribution in [-0.4, -0.2) is 33.3 Å². The number of nitrogens with one attached hydrogen (secondary N) is 1. The van der Waals surface area contributed by atoms with Crippen LogP contribution in [0, 0.1) is 11.8 Å². The van der Waals surface area contributed by atoms with Gasteiger partial charge in [-0.3, -0.25) is 0 Å². The van der Waals surface area contributed by atoms with Crippen molar-refractivity contribution in [2.75, 3.05) is 13.2 Å². The number of aromatic nitrogens is 3. The maximum Gasteiger partial charge on any atom is 0.0964 e. The van der Waals surface area contributed by atoms with Gasteiger partial charge in [0, 0.05) is 12.7 Å². The molecule has 1 fully saturated rings. The third kappa shape index (κ3) is 3.78. The Bertz CT molecular complexity index is 339. The smallest absolute Gasteiger partial charge is 0.0964 e. The number of hydrogen-bond acceptors (Lipinski definition) is 4. The molecule has 2 unspecified atom stereocenters. The number of aliphatic hydroxyl groups excluding tert-OH is 1. The van der Waals surface area contributed by atoms with Crippen LogP contribution in [0.4, 0.5) is 0 Å². The third-order valence-corrected chi connectivity index (χ3v) is 3.46. The van der Waals surface area contributed by atoms with Crippen molar-refractivity contribution in [2.24, 2.45) is 11.8 Å². The molecular formula is C12H22N4O. The predicted molar refractivity (Wildman–Crippen MR) is 65.3 cm³/mol. The lowest BCUT2D eigenvalue weighted by Gasteiger charge is -2.09. The second kappa shape index (κ2) is 6.12. The molecule has 2 N–H and O–H groups in total. The van der Waals surface area contributed by atoms with Crippen molar-refractivity contribution in [3.05, 3.63) is 11.9 Å². The van der Waals surface area contributed by atoms with Crippen molar-refractivity contribution < 1.29 is 5.11 Å². The van der Waals surface area contributed by atoms with E-state index in [1.165, 1.54) is 19.3 Å². The highest BCUT2D eigenvalue weighted by Gasteiger charge is 2.20. The first kappa shape index (κ1) is 12.5. The van der Waals surface area contributed by atoms with Gasteiger partial charge in [-0.15, -0.1) is 5.10 Å². The average Bonchev–Trinajstić information content (AvgIpc) is 2.89. The molecule has 5 heteroatoms. The van der Waals surface area contributed by atoms with Gasteiger partial charge >= 0.3 is 0 Å². The molecule has 0 amide bonds. The van der Waals surface area contributed by atoms with Gasteiger partial charge in [0.25, 0.3) is 0 Å². The quantitative estimate of drug-likeness (QED) is 0.769. The van der Waals surface area contributed by atoms with Crippen LogP contribution >= 0.6 is 0 Å². The van der Waals surface area contributed by atoms with Gasteiger partial charge in [-0.25, -0.2) is 4.68 Å². The molecule has 1 aliphatic carbocycles. The number of nitrogens with zero attached hydrogens (tertiary/aromatic N) is 3. The van der Waals surface area contributed by atoms with E-state index < -0.39 is 0 Å². The van der Waals surface area contributed by atoms with Crippen LogP contribution in [0.1, 0.15) is 31.9 Å². The van der Waals surface area contributed by atoms with E-state index in [0.717, 1.165) is 30.6 Å². The molecule has 1 aromatic heterocycles. The summed E-state index contributed by atoms with van der Waals surface area (Å²) >= 11 is 0. The summed E-state index contributed by atoms with van der Waals surface area (Å²) in [6.07, 6.45) is 5.97. The van der Waals surface area contributed by atoms with Gasteiger partial charge in [-0.1, -0.05) is 18.6 Å². The predicted octanol–water partition coefficient (Wildman–Crippen LogP) is 0.796. The van der Waals surface area contributed by atoms with Crippen molar-refractivity contribution in [1.82, 2.24) is 20.3 Å². The summed E-state index contributed by atoms with van der Waals surface area (Å²) in [5.74, 6) is 1.73. The summed E-state index contributed by atoms with van der Waals surface area (Å²) in [6, 6.07) is 0. The monoisotopic (exact) mass is 238 g/mol. The van der Waals surface area contributed by atoms with Gasteiger partial charge in [0.1, 0.15) is 0 Å². The molecule has 0 bridgehead atoms. The van der Waals surface area contributed by atoms with Crippen LogP contribution in [0.25, 0.3) is 0 Å². The zero-order valence-corrected chi connectivity index (χ0v) is 10.5. The molecule has 1 saturated carbocycles. The first-order chi connectivity index (χ1) is 8.28. The summed E-state index contributed by atoms with van der Waals surface area (Å²) in [5.41, 5.74) is 0.949. The van der Waals surface area contributed by atoms with E-state index in [0.29, 0.717) is 6.54 Å². The van der Waals surface area contributed by atoms with Gasteiger partial charge in [0.15, 0.2) is 0 Å². The van der Waals surface area contributed by atoms with E-state index in [9.17, 15) is 0 Å². The highest BCUT2D eigenvalue weighted by atomic mass is 16.3. The Hall–Kier alpha value is -0.940. The van der Waals surface area contributed by atoms with Crippen molar-refractivity contribution >= 4 is 0 Å². The minimum Gasteiger partial charge on any atom is -0.394 e. The van der Waals surface area contributed by atoms with E-state index in [2.05, 4.69) is 22.6 Å². The molecule has 1 aliphatic rings. The molecule has 0 aromatic carbocycles. The van der Waals surface area contributed by atoms with Crippen LogP contribution in [0.5, 0.6) is 0 Å². The largest absolute Gasteiger partial charge is 0.394 e. The van der Waals surface area contributed by atoms with Crippen molar-refractivity contribution in [3.63, 3.8) is 0 Å². The lowest BCUT2D eigenvalue weighted by molar-refractivity contribution is 0.268. The summed E-state index contributed by atoms with van der Waals surface area (Å²) in [6.45, 7) is 4.82. The fourth-order valence-electron chi connectivity index (χ4n) is 2.55.